The zero-order valence-electron chi connectivity index (χ0n) is 14.5. The first kappa shape index (κ1) is 18.0. The van der Waals surface area contributed by atoms with Crippen molar-refractivity contribution in [1.29, 1.82) is 0 Å². The van der Waals surface area contributed by atoms with Gasteiger partial charge in [0.2, 0.25) is 0 Å². The van der Waals surface area contributed by atoms with Gasteiger partial charge in [0, 0.05) is 19.7 Å². The van der Waals surface area contributed by atoms with Crippen molar-refractivity contribution >= 4 is 27.7 Å². The van der Waals surface area contributed by atoms with Crippen LogP contribution in [-0.2, 0) is 16.5 Å². The predicted molar refractivity (Wildman–Crippen MR) is 99.6 cm³/mol. The molecule has 0 N–H and O–H groups in total. The lowest BCUT2D eigenvalue weighted by Gasteiger charge is -2.05. The first-order valence-electron chi connectivity index (χ1n) is 7.96. The highest BCUT2D eigenvalue weighted by atomic mass is 32.1. The predicted octanol–water partition coefficient (Wildman–Crippen LogP) is 2.87. The molecule has 0 radical (unpaired) electrons. The van der Waals surface area contributed by atoms with Crippen LogP contribution in [0.4, 0.5) is 0 Å². The van der Waals surface area contributed by atoms with E-state index in [0.717, 1.165) is 21.7 Å². The summed E-state index contributed by atoms with van der Waals surface area (Å²) in [6.45, 7) is 1.03. The molecule has 0 saturated heterocycles. The Balaban J connectivity index is 1.54. The Bertz CT molecular complexity index is 965. The lowest BCUT2D eigenvalue weighted by molar-refractivity contribution is 0.0562. The molecule has 0 aliphatic rings. The molecule has 0 fully saturated rings. The number of carbonyl (C=O) groups excluding carboxylic acids is 1. The van der Waals surface area contributed by atoms with E-state index in [0.29, 0.717) is 18.1 Å². The Morgan fingerprint density at radius 3 is 3.00 bits per heavy atom. The maximum absolute atomic E-state index is 12.1. The molecule has 0 atom stereocenters. The van der Waals surface area contributed by atoms with Gasteiger partial charge in [-0.1, -0.05) is 17.9 Å². The molecule has 26 heavy (non-hydrogen) atoms. The van der Waals surface area contributed by atoms with E-state index in [1.807, 2.05) is 35.9 Å². The standard InChI is InChI=1S/C19H18N2O4S/c1-21-13-20-18-16(21)12-17(26-18)19(22)25-8-4-6-14-5-3-7-15(11-14)24-10-9-23-2/h3,5,7,11-13H,8-10H2,1-2H3. The van der Waals surface area contributed by atoms with Crippen molar-refractivity contribution in [2.75, 3.05) is 26.9 Å². The number of fused-ring (bicyclic) bond motifs is 1. The number of hydrogen-bond donors (Lipinski definition) is 0. The van der Waals surface area contributed by atoms with E-state index in [-0.39, 0.29) is 12.6 Å². The van der Waals surface area contributed by atoms with Crippen LogP contribution in [0.3, 0.4) is 0 Å². The number of carbonyl (C=O) groups is 1. The molecule has 3 rings (SSSR count). The van der Waals surface area contributed by atoms with Gasteiger partial charge in [0.25, 0.3) is 0 Å². The summed E-state index contributed by atoms with van der Waals surface area (Å²) in [5, 5.41) is 0. The zero-order chi connectivity index (χ0) is 18.4. The Labute approximate surface area is 155 Å². The first-order chi connectivity index (χ1) is 12.7. The number of rotatable bonds is 6. The van der Waals surface area contributed by atoms with Crippen molar-refractivity contribution in [3.8, 4) is 17.6 Å². The highest BCUT2D eigenvalue weighted by Gasteiger charge is 2.13. The van der Waals surface area contributed by atoms with Crippen LogP contribution >= 0.6 is 11.3 Å². The Morgan fingerprint density at radius 2 is 2.19 bits per heavy atom. The summed E-state index contributed by atoms with van der Waals surface area (Å²) in [7, 11) is 3.51. The number of ether oxygens (including phenoxy) is 3. The van der Waals surface area contributed by atoms with Gasteiger partial charge < -0.3 is 18.8 Å². The van der Waals surface area contributed by atoms with Crippen molar-refractivity contribution in [2.45, 2.75) is 0 Å². The Hall–Kier alpha value is -2.82. The number of benzene rings is 1. The molecule has 2 aromatic heterocycles. The minimum atomic E-state index is -0.390. The highest BCUT2D eigenvalue weighted by Crippen LogP contribution is 2.24. The quantitative estimate of drug-likeness (QED) is 0.379. The summed E-state index contributed by atoms with van der Waals surface area (Å²) in [6, 6.07) is 9.21. The number of thiophene rings is 1. The second-order valence-corrected chi connectivity index (χ2v) is 6.43. The number of aromatic nitrogens is 2. The van der Waals surface area contributed by atoms with E-state index in [1.54, 1.807) is 19.5 Å². The van der Waals surface area contributed by atoms with E-state index < -0.39 is 0 Å². The Morgan fingerprint density at radius 1 is 1.31 bits per heavy atom. The third-order valence-electron chi connectivity index (χ3n) is 3.52. The molecular weight excluding hydrogens is 352 g/mol. The molecule has 0 aliphatic carbocycles. The van der Waals surface area contributed by atoms with Crippen molar-refractivity contribution < 1.29 is 19.0 Å². The fraction of sp³-hybridized carbons (Fsp3) is 0.263. The van der Waals surface area contributed by atoms with E-state index in [1.165, 1.54) is 11.3 Å². The van der Waals surface area contributed by atoms with Crippen LogP contribution < -0.4 is 4.74 Å². The molecule has 1 aromatic carbocycles. The molecule has 0 spiro atoms. The van der Waals surface area contributed by atoms with Gasteiger partial charge in [0.05, 0.1) is 18.5 Å². The van der Waals surface area contributed by atoms with Crippen molar-refractivity contribution in [2.24, 2.45) is 7.05 Å². The highest BCUT2D eigenvalue weighted by molar-refractivity contribution is 7.20. The van der Waals surface area contributed by atoms with E-state index >= 15 is 0 Å². The first-order valence-corrected chi connectivity index (χ1v) is 8.77. The van der Waals surface area contributed by atoms with Crippen LogP contribution in [0.15, 0.2) is 36.7 Å². The van der Waals surface area contributed by atoms with E-state index in [9.17, 15) is 4.79 Å². The van der Waals surface area contributed by atoms with Gasteiger partial charge in [-0.05, 0) is 24.3 Å². The zero-order valence-corrected chi connectivity index (χ0v) is 15.3. The smallest absolute Gasteiger partial charge is 0.349 e. The summed E-state index contributed by atoms with van der Waals surface area (Å²) < 4.78 is 17.6. The van der Waals surface area contributed by atoms with Crippen LogP contribution in [0.25, 0.3) is 10.3 Å². The molecule has 3 aromatic rings. The molecule has 134 valence electrons. The summed E-state index contributed by atoms with van der Waals surface area (Å²) in [4.78, 5) is 17.6. The molecule has 6 nitrogen and oxygen atoms in total. The molecule has 0 aliphatic heterocycles. The van der Waals surface area contributed by atoms with Crippen molar-refractivity contribution in [1.82, 2.24) is 9.55 Å². The van der Waals surface area contributed by atoms with Gasteiger partial charge in [-0.25, -0.2) is 9.78 Å². The summed E-state index contributed by atoms with van der Waals surface area (Å²) in [5.41, 5.74) is 1.71. The average molecular weight is 370 g/mol. The van der Waals surface area contributed by atoms with Crippen molar-refractivity contribution in [3.05, 3.63) is 47.1 Å². The number of hydrogen-bond acceptors (Lipinski definition) is 6. The largest absolute Gasteiger partial charge is 0.491 e. The fourth-order valence-corrected chi connectivity index (χ4v) is 3.16. The molecule has 0 saturated carbocycles. The van der Waals surface area contributed by atoms with Gasteiger partial charge in [-0.3, -0.25) is 0 Å². The summed E-state index contributed by atoms with van der Waals surface area (Å²) in [5.74, 6) is 6.14. The van der Waals surface area contributed by atoms with Crippen LogP contribution in [0.5, 0.6) is 5.75 Å². The number of aryl methyl sites for hydroxylation is 1. The van der Waals surface area contributed by atoms with Crippen LogP contribution in [-0.4, -0.2) is 42.5 Å². The minimum absolute atomic E-state index is 0.0231. The van der Waals surface area contributed by atoms with Crippen LogP contribution in [0.1, 0.15) is 15.2 Å². The molecular formula is C19H18N2O4S. The van der Waals surface area contributed by atoms with Gasteiger partial charge in [-0.2, -0.15) is 0 Å². The third kappa shape index (κ3) is 4.42. The maximum atomic E-state index is 12.1. The second kappa shape index (κ2) is 8.52. The average Bonchev–Trinajstić information content (AvgIpc) is 3.22. The van der Waals surface area contributed by atoms with Gasteiger partial charge in [-0.15, -0.1) is 11.3 Å². The van der Waals surface area contributed by atoms with Crippen molar-refractivity contribution in [3.63, 3.8) is 0 Å². The number of imidazole rings is 1. The minimum Gasteiger partial charge on any atom is -0.491 e. The van der Waals surface area contributed by atoms with Crippen LogP contribution in [0.2, 0.25) is 0 Å². The maximum Gasteiger partial charge on any atom is 0.349 e. The number of esters is 1. The van der Waals surface area contributed by atoms with Gasteiger partial charge >= 0.3 is 5.97 Å². The van der Waals surface area contributed by atoms with E-state index in [4.69, 9.17) is 14.2 Å². The number of nitrogens with zero attached hydrogens (tertiary/aromatic N) is 2. The Kier molecular flexibility index (Phi) is 5.89. The monoisotopic (exact) mass is 370 g/mol. The summed E-state index contributed by atoms with van der Waals surface area (Å²) >= 11 is 1.31. The topological polar surface area (TPSA) is 62.6 Å². The third-order valence-corrected chi connectivity index (χ3v) is 4.53. The molecule has 0 amide bonds. The summed E-state index contributed by atoms with van der Waals surface area (Å²) in [6.07, 6.45) is 1.72. The number of methoxy groups -OCH3 is 1. The second-order valence-electron chi connectivity index (χ2n) is 5.40. The normalized spacial score (nSPS) is 10.4. The molecule has 0 unspecified atom stereocenters. The van der Waals surface area contributed by atoms with Gasteiger partial charge in [0.15, 0.2) is 6.61 Å². The fourth-order valence-electron chi connectivity index (χ4n) is 2.24. The molecule has 2 heterocycles. The van der Waals surface area contributed by atoms with Crippen LogP contribution in [0, 0.1) is 11.8 Å². The molecule has 7 heteroatoms. The molecule has 0 bridgehead atoms. The SMILES string of the molecule is COCCOc1cccc(C#CCOC(=O)c2cc3c(ncn3C)s2)c1. The lowest BCUT2D eigenvalue weighted by Crippen LogP contribution is -2.04. The van der Waals surface area contributed by atoms with Gasteiger partial charge in [0.1, 0.15) is 22.1 Å². The van der Waals surface area contributed by atoms with E-state index in [2.05, 4.69) is 16.8 Å². The lowest BCUT2D eigenvalue weighted by atomic mass is 10.2.